The molecule has 2 rings (SSSR count). The number of nitrogens with one attached hydrogen (secondary N) is 2. The minimum Gasteiger partial charge on any atom is -0.357 e. The molecule has 0 saturated carbocycles. The molecule has 2 aromatic carbocycles. The maximum atomic E-state index is 12.2. The molecule has 0 saturated heterocycles. The molecule has 0 spiro atoms. The van der Waals surface area contributed by atoms with Gasteiger partial charge in [0, 0.05) is 39.3 Å². The zero-order valence-corrected chi connectivity index (χ0v) is 21.6. The number of guanidine groups is 1. The van der Waals surface area contributed by atoms with Crippen molar-refractivity contribution < 1.29 is 4.79 Å². The van der Waals surface area contributed by atoms with Gasteiger partial charge in [-0.15, -0.1) is 24.0 Å². The molecule has 0 atom stereocenters. The number of amides is 1. The first-order chi connectivity index (χ1) is 14.4. The highest BCUT2D eigenvalue weighted by Crippen LogP contribution is 2.12. The average Bonchev–Trinajstić information content (AvgIpc) is 2.72. The van der Waals surface area contributed by atoms with Crippen LogP contribution in [-0.4, -0.2) is 62.9 Å². The minimum atomic E-state index is 0. The van der Waals surface area contributed by atoms with E-state index in [0.717, 1.165) is 43.1 Å². The number of rotatable bonds is 9. The first-order valence-electron chi connectivity index (χ1n) is 10.4. The maximum absolute atomic E-state index is 12.2. The van der Waals surface area contributed by atoms with Gasteiger partial charge < -0.3 is 20.4 Å². The lowest BCUT2D eigenvalue weighted by Crippen LogP contribution is -2.38. The molecule has 0 aliphatic heterocycles. The summed E-state index contributed by atoms with van der Waals surface area (Å²) in [7, 11) is 7.69. The fraction of sp³-hybridized carbons (Fsp3) is 0.417. The summed E-state index contributed by atoms with van der Waals surface area (Å²) in [6.45, 7) is 5.14. The summed E-state index contributed by atoms with van der Waals surface area (Å²) in [6.07, 6.45) is 0.816. The predicted molar refractivity (Wildman–Crippen MR) is 140 cm³/mol. The molecular formula is C24H36IN5O. The van der Waals surface area contributed by atoms with E-state index >= 15 is 0 Å². The molecule has 0 bridgehead atoms. The number of hydrogen-bond donors (Lipinski definition) is 2. The fourth-order valence-electron chi connectivity index (χ4n) is 3.16. The Morgan fingerprint density at radius 1 is 0.968 bits per heavy atom. The van der Waals surface area contributed by atoms with E-state index in [1.807, 2.05) is 18.2 Å². The van der Waals surface area contributed by atoms with Gasteiger partial charge in [-0.3, -0.25) is 4.79 Å². The van der Waals surface area contributed by atoms with Crippen molar-refractivity contribution in [3.8, 4) is 0 Å². The molecule has 6 nitrogen and oxygen atoms in total. The van der Waals surface area contributed by atoms with E-state index in [1.165, 1.54) is 11.1 Å². The van der Waals surface area contributed by atoms with Gasteiger partial charge in [0.2, 0.25) is 0 Å². The number of aliphatic imine (C=N–C) groups is 1. The molecule has 170 valence electrons. The molecule has 0 aliphatic carbocycles. The molecule has 7 heteroatoms. The van der Waals surface area contributed by atoms with Gasteiger partial charge >= 0.3 is 0 Å². The number of carbonyl (C=O) groups is 1. The van der Waals surface area contributed by atoms with Crippen LogP contribution in [-0.2, 0) is 19.5 Å². The van der Waals surface area contributed by atoms with Crippen molar-refractivity contribution in [2.24, 2.45) is 4.99 Å². The van der Waals surface area contributed by atoms with E-state index in [4.69, 9.17) is 4.99 Å². The Bertz CT molecular complexity index is 851. The third-order valence-electron chi connectivity index (χ3n) is 4.64. The van der Waals surface area contributed by atoms with Crippen LogP contribution in [0.4, 0.5) is 0 Å². The Morgan fingerprint density at radius 2 is 1.68 bits per heavy atom. The quantitative estimate of drug-likeness (QED) is 0.293. The van der Waals surface area contributed by atoms with Gasteiger partial charge in [0.05, 0.1) is 6.54 Å². The zero-order valence-electron chi connectivity index (χ0n) is 19.3. The molecule has 0 heterocycles. The van der Waals surface area contributed by atoms with Crippen LogP contribution < -0.4 is 10.6 Å². The Morgan fingerprint density at radius 3 is 2.32 bits per heavy atom. The lowest BCUT2D eigenvalue weighted by atomic mass is 10.1. The van der Waals surface area contributed by atoms with Crippen LogP contribution in [0.2, 0.25) is 0 Å². The van der Waals surface area contributed by atoms with Crippen molar-refractivity contribution in [1.82, 2.24) is 20.4 Å². The Labute approximate surface area is 204 Å². The van der Waals surface area contributed by atoms with Crippen LogP contribution in [0.15, 0.2) is 53.5 Å². The highest BCUT2D eigenvalue weighted by atomic mass is 127. The molecule has 2 aromatic rings. The molecule has 0 unspecified atom stereocenters. The highest BCUT2D eigenvalue weighted by Gasteiger charge is 2.08. The second-order valence-corrected chi connectivity index (χ2v) is 7.78. The van der Waals surface area contributed by atoms with Crippen LogP contribution in [0.1, 0.15) is 34.0 Å². The smallest absolute Gasteiger partial charge is 0.253 e. The maximum Gasteiger partial charge on any atom is 0.253 e. The first kappa shape index (κ1) is 26.9. The van der Waals surface area contributed by atoms with Gasteiger partial charge in [0.15, 0.2) is 5.96 Å². The third-order valence-corrected chi connectivity index (χ3v) is 4.64. The summed E-state index contributed by atoms with van der Waals surface area (Å²) in [4.78, 5) is 20.7. The van der Waals surface area contributed by atoms with Crippen LogP contribution in [0, 0.1) is 0 Å². The van der Waals surface area contributed by atoms with Crippen molar-refractivity contribution >= 4 is 35.8 Å². The molecule has 31 heavy (non-hydrogen) atoms. The lowest BCUT2D eigenvalue weighted by Gasteiger charge is -2.15. The predicted octanol–water partition coefficient (Wildman–Crippen LogP) is 3.37. The van der Waals surface area contributed by atoms with Crippen molar-refractivity contribution in [3.63, 3.8) is 0 Å². The monoisotopic (exact) mass is 537 g/mol. The SMILES string of the molecule is CCNC(=NCc1ccccc1CN(C)C)NCCc1cccc(C(=O)N(C)C)c1.I. The standard InChI is InChI=1S/C24H35N5O.HI/c1-6-25-24(27-17-21-11-7-8-12-22(21)18-28(2)3)26-15-14-19-10-9-13-20(16-19)23(30)29(4)5;/h7-13,16H,6,14-15,17-18H2,1-5H3,(H2,25,26,27);1H. The normalized spacial score (nSPS) is 11.1. The van der Waals surface area contributed by atoms with E-state index in [2.05, 4.69) is 66.9 Å². The van der Waals surface area contributed by atoms with E-state index in [9.17, 15) is 4.79 Å². The third kappa shape index (κ3) is 9.26. The topological polar surface area (TPSA) is 60.0 Å². The van der Waals surface area contributed by atoms with Gasteiger partial charge in [0.1, 0.15) is 0 Å². The van der Waals surface area contributed by atoms with E-state index in [0.29, 0.717) is 6.54 Å². The van der Waals surface area contributed by atoms with Gasteiger partial charge in [-0.1, -0.05) is 36.4 Å². The Hall–Kier alpha value is -2.13. The number of halogens is 1. The molecule has 0 fully saturated rings. The number of hydrogen-bond acceptors (Lipinski definition) is 3. The Kier molecular flexibility index (Phi) is 12.2. The molecular weight excluding hydrogens is 501 g/mol. The summed E-state index contributed by atoms with van der Waals surface area (Å²) in [5.74, 6) is 0.828. The highest BCUT2D eigenvalue weighted by molar-refractivity contribution is 14.0. The number of benzene rings is 2. The van der Waals surface area contributed by atoms with E-state index in [1.54, 1.807) is 19.0 Å². The van der Waals surface area contributed by atoms with Crippen LogP contribution in [0.25, 0.3) is 0 Å². The number of nitrogens with zero attached hydrogens (tertiary/aromatic N) is 3. The largest absolute Gasteiger partial charge is 0.357 e. The summed E-state index contributed by atoms with van der Waals surface area (Å²) in [5.41, 5.74) is 4.38. The molecule has 2 N–H and O–H groups in total. The van der Waals surface area contributed by atoms with Crippen molar-refractivity contribution in [1.29, 1.82) is 0 Å². The summed E-state index contributed by atoms with van der Waals surface area (Å²) < 4.78 is 0. The average molecular weight is 537 g/mol. The summed E-state index contributed by atoms with van der Waals surface area (Å²) in [6, 6.07) is 16.2. The molecule has 0 radical (unpaired) electrons. The van der Waals surface area contributed by atoms with Crippen molar-refractivity contribution in [2.45, 2.75) is 26.4 Å². The second-order valence-electron chi connectivity index (χ2n) is 7.78. The number of carbonyl (C=O) groups excluding carboxylic acids is 1. The summed E-state index contributed by atoms with van der Waals surface area (Å²) in [5, 5.41) is 6.72. The van der Waals surface area contributed by atoms with E-state index in [-0.39, 0.29) is 29.9 Å². The van der Waals surface area contributed by atoms with Crippen LogP contribution in [0.5, 0.6) is 0 Å². The molecule has 1 amide bonds. The van der Waals surface area contributed by atoms with Gasteiger partial charge in [-0.2, -0.15) is 0 Å². The minimum absolute atomic E-state index is 0. The van der Waals surface area contributed by atoms with Crippen molar-refractivity contribution in [2.75, 3.05) is 41.3 Å². The first-order valence-corrected chi connectivity index (χ1v) is 10.4. The van der Waals surface area contributed by atoms with Gasteiger partial charge in [0.25, 0.3) is 5.91 Å². The fourth-order valence-corrected chi connectivity index (χ4v) is 3.16. The lowest BCUT2D eigenvalue weighted by molar-refractivity contribution is 0.0827. The van der Waals surface area contributed by atoms with Gasteiger partial charge in [-0.25, -0.2) is 4.99 Å². The second kappa shape index (κ2) is 14.0. The van der Waals surface area contributed by atoms with Gasteiger partial charge in [-0.05, 0) is 56.3 Å². The zero-order chi connectivity index (χ0) is 21.9. The summed E-state index contributed by atoms with van der Waals surface area (Å²) >= 11 is 0. The van der Waals surface area contributed by atoms with Crippen LogP contribution in [0.3, 0.4) is 0 Å². The molecule has 0 aliphatic rings. The van der Waals surface area contributed by atoms with Crippen molar-refractivity contribution in [3.05, 3.63) is 70.8 Å². The Balaban J connectivity index is 0.00000480. The van der Waals surface area contributed by atoms with E-state index < -0.39 is 0 Å². The molecule has 0 aromatic heterocycles. The van der Waals surface area contributed by atoms with Crippen LogP contribution >= 0.6 is 24.0 Å².